The van der Waals surface area contributed by atoms with Gasteiger partial charge in [0.25, 0.3) is 0 Å². The van der Waals surface area contributed by atoms with Gasteiger partial charge in [-0.05, 0) is 66.2 Å². The maximum absolute atomic E-state index is 13.2. The van der Waals surface area contributed by atoms with Crippen molar-refractivity contribution in [2.24, 2.45) is 0 Å². The first-order chi connectivity index (χ1) is 21.3. The van der Waals surface area contributed by atoms with Gasteiger partial charge in [-0.1, -0.05) is 12.1 Å². The van der Waals surface area contributed by atoms with E-state index in [0.717, 1.165) is 0 Å². The molecular formula is C30H42N6O10. The summed E-state index contributed by atoms with van der Waals surface area (Å²) in [5.74, 6) is -3.29. The minimum Gasteiger partial charge on any atom is -0.480 e. The lowest BCUT2D eigenvalue weighted by atomic mass is 10.0. The van der Waals surface area contributed by atoms with E-state index in [1.807, 2.05) is 0 Å². The molecule has 0 aliphatic carbocycles. The second-order valence-electron chi connectivity index (χ2n) is 12.3. The minimum absolute atomic E-state index is 0.0263. The largest absolute Gasteiger partial charge is 0.514 e. The molecule has 0 aliphatic rings. The van der Waals surface area contributed by atoms with Crippen LogP contribution in [0.15, 0.2) is 36.8 Å². The monoisotopic (exact) mass is 646 g/mol. The zero-order valence-corrected chi connectivity index (χ0v) is 26.9. The zero-order chi connectivity index (χ0) is 34.7. The Morgan fingerprint density at radius 2 is 1.48 bits per heavy atom. The van der Waals surface area contributed by atoms with Gasteiger partial charge in [-0.3, -0.25) is 14.4 Å². The highest BCUT2D eigenvalue weighted by Crippen LogP contribution is 2.17. The molecule has 0 saturated heterocycles. The van der Waals surface area contributed by atoms with Gasteiger partial charge < -0.3 is 45.6 Å². The summed E-state index contributed by atoms with van der Waals surface area (Å²) in [6.07, 6.45) is 0.974. The number of nitrogens with zero attached hydrogens (tertiary/aromatic N) is 1. The normalized spacial score (nSPS) is 13.3. The van der Waals surface area contributed by atoms with Crippen LogP contribution in [0.3, 0.4) is 0 Å². The van der Waals surface area contributed by atoms with Crippen LogP contribution >= 0.6 is 0 Å². The van der Waals surface area contributed by atoms with Gasteiger partial charge in [0.05, 0.1) is 12.9 Å². The van der Waals surface area contributed by atoms with Crippen molar-refractivity contribution in [3.8, 4) is 5.75 Å². The van der Waals surface area contributed by atoms with E-state index >= 15 is 0 Å². The fourth-order valence-corrected chi connectivity index (χ4v) is 3.72. The summed E-state index contributed by atoms with van der Waals surface area (Å²) < 4.78 is 15.6. The Morgan fingerprint density at radius 1 is 0.848 bits per heavy atom. The lowest BCUT2D eigenvalue weighted by molar-refractivity contribution is -0.141. The number of aromatic amines is 1. The number of hydrogen-bond acceptors (Lipinski definition) is 10. The number of alkyl carbamates (subject to hydrolysis) is 1. The number of imidazole rings is 1. The van der Waals surface area contributed by atoms with Crippen molar-refractivity contribution in [2.75, 3.05) is 6.54 Å². The smallest absolute Gasteiger partial charge is 0.480 e. The van der Waals surface area contributed by atoms with Gasteiger partial charge in [-0.25, -0.2) is 19.4 Å². The highest BCUT2D eigenvalue weighted by molar-refractivity contribution is 5.93. The summed E-state index contributed by atoms with van der Waals surface area (Å²) in [6.45, 7) is 10.9. The fraction of sp³-hybridized carbons (Fsp3) is 0.500. The van der Waals surface area contributed by atoms with Crippen molar-refractivity contribution in [1.29, 1.82) is 0 Å². The number of carboxylic acids is 1. The number of carboxylic acid groups (broad SMARTS) is 1. The average Bonchev–Trinajstić information content (AvgIpc) is 3.43. The summed E-state index contributed by atoms with van der Waals surface area (Å²) >= 11 is 0. The number of H-pyrrole nitrogens is 1. The maximum atomic E-state index is 13.2. The third kappa shape index (κ3) is 14.1. The number of nitrogens with one attached hydrogen (secondary N) is 5. The van der Waals surface area contributed by atoms with Crippen LogP contribution in [0, 0.1) is 0 Å². The van der Waals surface area contributed by atoms with Gasteiger partial charge >= 0.3 is 18.2 Å². The number of amides is 4. The predicted octanol–water partition coefficient (Wildman–Crippen LogP) is 1.59. The van der Waals surface area contributed by atoms with E-state index in [2.05, 4.69) is 31.2 Å². The van der Waals surface area contributed by atoms with Crippen LogP contribution in [0.5, 0.6) is 5.75 Å². The molecule has 0 spiro atoms. The number of ether oxygens (including phenoxy) is 3. The Labute approximate surface area is 266 Å². The molecule has 4 amide bonds. The molecule has 1 aromatic carbocycles. The van der Waals surface area contributed by atoms with E-state index in [9.17, 15) is 33.9 Å². The Balaban J connectivity index is 2.02. The molecule has 1 aromatic heterocycles. The second-order valence-corrected chi connectivity index (χ2v) is 12.3. The molecule has 16 nitrogen and oxygen atoms in total. The Hall–Kier alpha value is -5.15. The summed E-state index contributed by atoms with van der Waals surface area (Å²) in [4.78, 5) is 80.8. The van der Waals surface area contributed by atoms with Crippen LogP contribution in [0.4, 0.5) is 9.59 Å². The van der Waals surface area contributed by atoms with E-state index in [0.29, 0.717) is 11.3 Å². The molecule has 2 rings (SSSR count). The second kappa shape index (κ2) is 16.2. The topological polar surface area (TPSA) is 227 Å². The Kier molecular flexibility index (Phi) is 13.1. The lowest BCUT2D eigenvalue weighted by Gasteiger charge is -2.24. The summed E-state index contributed by atoms with van der Waals surface area (Å²) in [7, 11) is 0. The molecule has 1 heterocycles. The fourth-order valence-electron chi connectivity index (χ4n) is 3.72. The number of carbonyl (C=O) groups is 6. The van der Waals surface area contributed by atoms with Gasteiger partial charge in [0, 0.05) is 24.7 Å². The van der Waals surface area contributed by atoms with Crippen LogP contribution < -0.4 is 26.0 Å². The van der Waals surface area contributed by atoms with Crippen LogP contribution in [-0.2, 0) is 41.5 Å². The number of aliphatic carboxylic acids is 1. The number of aromatic nitrogens is 2. The molecule has 3 atom stereocenters. The molecule has 252 valence electrons. The molecule has 6 N–H and O–H groups in total. The number of carbonyl (C=O) groups excluding carboxylic acids is 5. The van der Waals surface area contributed by atoms with E-state index in [4.69, 9.17) is 14.2 Å². The standard InChI is InChI=1S/C30H42N6O10/c1-17(24(38)32-15-23(37)35-22(26(40)41)13-19-14-31-16-33-19)34-25(39)21(36-27(42)45-29(2,3)4)12-18-8-10-20(11-9-18)44-28(43)46-30(5,6)7/h8-11,14,16-17,21-22H,12-13,15H2,1-7H3,(H,31,33)(H,32,38)(H,34,39)(H,35,37)(H,36,42)(H,40,41). The van der Waals surface area contributed by atoms with Crippen LogP contribution in [-0.4, -0.2) is 86.9 Å². The van der Waals surface area contributed by atoms with E-state index in [-0.39, 0.29) is 18.6 Å². The first-order valence-corrected chi connectivity index (χ1v) is 14.4. The third-order valence-electron chi connectivity index (χ3n) is 5.75. The highest BCUT2D eigenvalue weighted by atomic mass is 16.7. The van der Waals surface area contributed by atoms with E-state index in [1.54, 1.807) is 53.7 Å². The Morgan fingerprint density at radius 3 is 2.02 bits per heavy atom. The first kappa shape index (κ1) is 37.0. The average molecular weight is 647 g/mol. The quantitative estimate of drug-likeness (QED) is 0.135. The summed E-state index contributed by atoms with van der Waals surface area (Å²) in [5, 5.41) is 19.1. The van der Waals surface area contributed by atoms with E-state index < -0.39 is 71.8 Å². The Bertz CT molecular complexity index is 1360. The molecule has 2 aromatic rings. The zero-order valence-electron chi connectivity index (χ0n) is 26.9. The van der Waals surface area contributed by atoms with Crippen molar-refractivity contribution in [3.05, 3.63) is 48.0 Å². The number of rotatable bonds is 13. The lowest BCUT2D eigenvalue weighted by Crippen LogP contribution is -2.55. The molecule has 0 bridgehead atoms. The van der Waals surface area contributed by atoms with Crippen molar-refractivity contribution in [2.45, 2.75) is 90.6 Å². The van der Waals surface area contributed by atoms with Crippen molar-refractivity contribution in [3.63, 3.8) is 0 Å². The molecule has 0 saturated carbocycles. The van der Waals surface area contributed by atoms with Gasteiger partial charge in [0.1, 0.15) is 35.1 Å². The maximum Gasteiger partial charge on any atom is 0.514 e. The minimum atomic E-state index is -1.27. The van der Waals surface area contributed by atoms with Crippen molar-refractivity contribution >= 4 is 35.9 Å². The molecule has 0 radical (unpaired) electrons. The molecule has 16 heteroatoms. The summed E-state index contributed by atoms with van der Waals surface area (Å²) in [5.41, 5.74) is -0.523. The summed E-state index contributed by atoms with van der Waals surface area (Å²) in [6, 6.07) is 2.56. The first-order valence-electron chi connectivity index (χ1n) is 14.4. The van der Waals surface area contributed by atoms with Gasteiger partial charge in [0.2, 0.25) is 17.7 Å². The highest BCUT2D eigenvalue weighted by Gasteiger charge is 2.28. The molecule has 3 unspecified atom stereocenters. The van der Waals surface area contributed by atoms with Gasteiger partial charge in [-0.2, -0.15) is 0 Å². The number of benzene rings is 1. The molecule has 46 heavy (non-hydrogen) atoms. The molecular weight excluding hydrogens is 604 g/mol. The molecule has 0 fully saturated rings. The number of hydrogen-bond donors (Lipinski definition) is 6. The van der Waals surface area contributed by atoms with Crippen LogP contribution in [0.2, 0.25) is 0 Å². The van der Waals surface area contributed by atoms with Crippen molar-refractivity contribution < 1.29 is 48.1 Å². The SMILES string of the molecule is CC(NC(=O)C(Cc1ccc(OC(=O)OC(C)(C)C)cc1)NC(=O)OC(C)(C)C)C(=O)NCC(=O)NC(Cc1cnc[nH]1)C(=O)O. The van der Waals surface area contributed by atoms with E-state index in [1.165, 1.54) is 31.6 Å². The van der Waals surface area contributed by atoms with Gasteiger partial charge in [0.15, 0.2) is 0 Å². The predicted molar refractivity (Wildman–Crippen MR) is 163 cm³/mol. The van der Waals surface area contributed by atoms with Crippen LogP contribution in [0.1, 0.15) is 59.7 Å². The van der Waals surface area contributed by atoms with Crippen LogP contribution in [0.25, 0.3) is 0 Å². The van der Waals surface area contributed by atoms with Crippen molar-refractivity contribution in [1.82, 2.24) is 31.2 Å². The van der Waals surface area contributed by atoms with Gasteiger partial charge in [-0.15, -0.1) is 0 Å². The third-order valence-corrected chi connectivity index (χ3v) is 5.75. The molecule has 0 aliphatic heterocycles.